The van der Waals surface area contributed by atoms with E-state index >= 15 is 0 Å². The molecular weight excluding hydrogens is 308 g/mol. The SMILES string of the molecule is CC(O)(c1ccccc1)C(Cl)(Br)C(F)(F)F. The van der Waals surface area contributed by atoms with Gasteiger partial charge in [-0.25, -0.2) is 0 Å². The van der Waals surface area contributed by atoms with Crippen LogP contribution in [0.2, 0.25) is 0 Å². The molecule has 2 unspecified atom stereocenters. The molecule has 0 heterocycles. The molecule has 0 aliphatic heterocycles. The van der Waals surface area contributed by atoms with Gasteiger partial charge in [0.2, 0.25) is 3.78 Å². The van der Waals surface area contributed by atoms with Gasteiger partial charge in [0, 0.05) is 0 Å². The van der Waals surface area contributed by atoms with E-state index < -0.39 is 15.6 Å². The van der Waals surface area contributed by atoms with Crippen LogP contribution in [-0.4, -0.2) is 15.1 Å². The minimum Gasteiger partial charge on any atom is -0.382 e. The van der Waals surface area contributed by atoms with Crippen molar-refractivity contribution >= 4 is 27.5 Å². The quantitative estimate of drug-likeness (QED) is 0.823. The maximum absolute atomic E-state index is 12.7. The molecule has 0 saturated heterocycles. The molecule has 0 aromatic heterocycles. The Morgan fingerprint density at radius 3 is 2.00 bits per heavy atom. The van der Waals surface area contributed by atoms with Crippen LogP contribution in [0.3, 0.4) is 0 Å². The summed E-state index contributed by atoms with van der Waals surface area (Å²) in [5, 5.41) is 9.95. The van der Waals surface area contributed by atoms with Crippen LogP contribution in [0.4, 0.5) is 13.2 Å². The van der Waals surface area contributed by atoms with E-state index in [0.717, 1.165) is 6.92 Å². The summed E-state index contributed by atoms with van der Waals surface area (Å²) in [6, 6.07) is 7.45. The van der Waals surface area contributed by atoms with Crippen molar-refractivity contribution in [2.24, 2.45) is 0 Å². The second-order valence-electron chi connectivity index (χ2n) is 3.51. The molecule has 1 rings (SSSR count). The predicted molar refractivity (Wildman–Crippen MR) is 59.6 cm³/mol. The molecule has 0 fully saturated rings. The molecule has 0 saturated carbocycles. The molecule has 1 aromatic carbocycles. The number of aliphatic hydroxyl groups is 1. The van der Waals surface area contributed by atoms with Gasteiger partial charge in [0.25, 0.3) is 0 Å². The smallest absolute Gasteiger partial charge is 0.382 e. The monoisotopic (exact) mass is 316 g/mol. The third-order valence-corrected chi connectivity index (χ3v) is 4.11. The maximum atomic E-state index is 12.7. The summed E-state index contributed by atoms with van der Waals surface area (Å²) in [5.41, 5.74) is -2.19. The molecular formula is C10H9BrClF3O. The largest absolute Gasteiger partial charge is 0.420 e. The number of hydrogen-bond acceptors (Lipinski definition) is 1. The lowest BCUT2D eigenvalue weighted by atomic mass is 9.92. The van der Waals surface area contributed by atoms with E-state index in [2.05, 4.69) is 15.9 Å². The molecule has 0 amide bonds. The van der Waals surface area contributed by atoms with Gasteiger partial charge in [-0.1, -0.05) is 57.9 Å². The Morgan fingerprint density at radius 2 is 1.62 bits per heavy atom. The number of halogens is 5. The van der Waals surface area contributed by atoms with Crippen LogP contribution >= 0.6 is 27.5 Å². The fourth-order valence-electron chi connectivity index (χ4n) is 1.22. The van der Waals surface area contributed by atoms with Crippen LogP contribution in [0.15, 0.2) is 30.3 Å². The fourth-order valence-corrected chi connectivity index (χ4v) is 1.56. The van der Waals surface area contributed by atoms with Crippen molar-refractivity contribution in [3.8, 4) is 0 Å². The van der Waals surface area contributed by atoms with Gasteiger partial charge in [-0.3, -0.25) is 0 Å². The zero-order chi connectivity index (χ0) is 12.6. The van der Waals surface area contributed by atoms with E-state index in [1.807, 2.05) is 0 Å². The van der Waals surface area contributed by atoms with Gasteiger partial charge >= 0.3 is 6.18 Å². The molecule has 6 heteroatoms. The normalized spacial score (nSPS) is 19.9. The molecule has 90 valence electrons. The highest BCUT2D eigenvalue weighted by molar-refractivity contribution is 9.10. The molecule has 0 spiro atoms. The van der Waals surface area contributed by atoms with Crippen molar-refractivity contribution in [3.63, 3.8) is 0 Å². The molecule has 2 atom stereocenters. The molecule has 0 radical (unpaired) electrons. The molecule has 1 nitrogen and oxygen atoms in total. The third kappa shape index (κ3) is 2.21. The van der Waals surface area contributed by atoms with Crippen LogP contribution in [0, 0.1) is 0 Å². The third-order valence-electron chi connectivity index (χ3n) is 2.30. The fraction of sp³-hybridized carbons (Fsp3) is 0.400. The summed E-state index contributed by atoms with van der Waals surface area (Å²) >= 11 is 7.73. The predicted octanol–water partition coefficient (Wildman–Crippen LogP) is 3.79. The first kappa shape index (κ1) is 13.8. The van der Waals surface area contributed by atoms with E-state index in [1.54, 1.807) is 6.07 Å². The first-order chi connectivity index (χ1) is 7.11. The van der Waals surface area contributed by atoms with Gasteiger partial charge in [0.15, 0.2) is 0 Å². The first-order valence-electron chi connectivity index (χ1n) is 4.33. The minimum absolute atomic E-state index is 0.0826. The van der Waals surface area contributed by atoms with Crippen LogP contribution in [0.5, 0.6) is 0 Å². The Balaban J connectivity index is 3.22. The van der Waals surface area contributed by atoms with E-state index in [-0.39, 0.29) is 5.56 Å². The molecule has 1 aromatic rings. The molecule has 1 N–H and O–H groups in total. The summed E-state index contributed by atoms with van der Waals surface area (Å²) in [5.74, 6) is 0. The highest BCUT2D eigenvalue weighted by Crippen LogP contribution is 2.52. The number of rotatable bonds is 2. The van der Waals surface area contributed by atoms with Gasteiger partial charge in [0.05, 0.1) is 0 Å². The second-order valence-corrected chi connectivity index (χ2v) is 5.72. The van der Waals surface area contributed by atoms with Gasteiger partial charge in [-0.05, 0) is 12.5 Å². The Bertz CT molecular complexity index is 362. The maximum Gasteiger partial charge on any atom is 0.420 e. The average Bonchev–Trinajstić information content (AvgIpc) is 2.17. The summed E-state index contributed by atoms with van der Waals surface area (Å²) in [4.78, 5) is 0. The Morgan fingerprint density at radius 1 is 1.19 bits per heavy atom. The molecule has 16 heavy (non-hydrogen) atoms. The number of benzene rings is 1. The van der Waals surface area contributed by atoms with E-state index in [1.165, 1.54) is 24.3 Å². The first-order valence-corrected chi connectivity index (χ1v) is 5.50. The lowest BCUT2D eigenvalue weighted by molar-refractivity contribution is -0.179. The molecule has 0 aliphatic carbocycles. The van der Waals surface area contributed by atoms with Crippen LogP contribution < -0.4 is 0 Å². The van der Waals surface area contributed by atoms with Gasteiger partial charge in [0.1, 0.15) is 5.60 Å². The lowest BCUT2D eigenvalue weighted by Crippen LogP contribution is -2.51. The topological polar surface area (TPSA) is 20.2 Å². The van der Waals surface area contributed by atoms with E-state index in [4.69, 9.17) is 11.6 Å². The lowest BCUT2D eigenvalue weighted by Gasteiger charge is -2.37. The van der Waals surface area contributed by atoms with Crippen LogP contribution in [-0.2, 0) is 5.60 Å². The highest BCUT2D eigenvalue weighted by atomic mass is 79.9. The molecule has 0 bridgehead atoms. The van der Waals surface area contributed by atoms with Crippen molar-refractivity contribution in [3.05, 3.63) is 35.9 Å². The molecule has 0 aliphatic rings. The van der Waals surface area contributed by atoms with Gasteiger partial charge in [-0.15, -0.1) is 0 Å². The van der Waals surface area contributed by atoms with E-state index in [0.29, 0.717) is 0 Å². The van der Waals surface area contributed by atoms with Crippen molar-refractivity contribution in [2.75, 3.05) is 0 Å². The zero-order valence-electron chi connectivity index (χ0n) is 8.22. The van der Waals surface area contributed by atoms with Crippen molar-refractivity contribution in [1.29, 1.82) is 0 Å². The standard InChI is InChI=1S/C10H9BrClF3O/c1-8(16,7-5-3-2-4-6-7)9(11,12)10(13,14)15/h2-6,16H,1H3. The van der Waals surface area contributed by atoms with Crippen molar-refractivity contribution < 1.29 is 18.3 Å². The van der Waals surface area contributed by atoms with Gasteiger partial charge < -0.3 is 5.11 Å². The summed E-state index contributed by atoms with van der Waals surface area (Å²) in [6.45, 7) is 1.01. The highest BCUT2D eigenvalue weighted by Gasteiger charge is 2.63. The Hall–Kier alpha value is -0.260. The minimum atomic E-state index is -4.78. The van der Waals surface area contributed by atoms with Gasteiger partial charge in [-0.2, -0.15) is 13.2 Å². The zero-order valence-corrected chi connectivity index (χ0v) is 10.6. The summed E-state index contributed by atoms with van der Waals surface area (Å²) in [7, 11) is 0. The van der Waals surface area contributed by atoms with Crippen molar-refractivity contribution in [2.45, 2.75) is 22.5 Å². The Kier molecular flexibility index (Phi) is 3.62. The number of hydrogen-bond donors (Lipinski definition) is 1. The Labute approximate surface area is 104 Å². The van der Waals surface area contributed by atoms with Crippen molar-refractivity contribution in [1.82, 2.24) is 0 Å². The number of alkyl halides is 5. The van der Waals surface area contributed by atoms with E-state index in [9.17, 15) is 18.3 Å². The second kappa shape index (κ2) is 4.20. The summed E-state index contributed by atoms with van der Waals surface area (Å²) in [6.07, 6.45) is -4.78. The van der Waals surface area contributed by atoms with Crippen LogP contribution in [0.1, 0.15) is 12.5 Å². The summed E-state index contributed by atoms with van der Waals surface area (Å²) < 4.78 is 35.1. The average molecular weight is 318 g/mol. The van der Waals surface area contributed by atoms with Crippen LogP contribution in [0.25, 0.3) is 0 Å².